The van der Waals surface area contributed by atoms with Crippen LogP contribution in [0.5, 0.6) is 0 Å². The molecule has 0 radical (unpaired) electrons. The minimum Gasteiger partial charge on any atom is -0.398 e. The molecule has 1 aliphatic carbocycles. The Morgan fingerprint density at radius 1 is 1.23 bits per heavy atom. The van der Waals surface area contributed by atoms with E-state index in [4.69, 9.17) is 5.73 Å². The van der Waals surface area contributed by atoms with Crippen molar-refractivity contribution in [3.8, 4) is 11.4 Å². The minimum absolute atomic E-state index is 0.697. The third kappa shape index (κ3) is 3.64. The highest BCUT2D eigenvalue weighted by Crippen LogP contribution is 2.29. The summed E-state index contributed by atoms with van der Waals surface area (Å²) in [4.78, 5) is 4.59. The van der Waals surface area contributed by atoms with E-state index in [-0.39, 0.29) is 0 Å². The topological polar surface area (TPSA) is 67.6 Å². The number of rotatable bonds is 3. The maximum atomic E-state index is 6.12. The van der Waals surface area contributed by atoms with Gasteiger partial charge in [-0.2, -0.15) is 5.10 Å². The maximum absolute atomic E-state index is 6.12. The number of nitrogens with one attached hydrogen (secondary N) is 1. The number of hydrogen-bond acceptors (Lipinski definition) is 3. The number of nitrogens with zero attached hydrogens (tertiary/aromatic N) is 2. The summed E-state index contributed by atoms with van der Waals surface area (Å²) in [6.45, 7) is 8.05. The lowest BCUT2D eigenvalue weighted by molar-refractivity contribution is 1.08. The molecule has 0 aromatic carbocycles. The molecule has 2 heterocycles. The quantitative estimate of drug-likeness (QED) is 0.854. The van der Waals surface area contributed by atoms with Gasteiger partial charge in [0.25, 0.3) is 0 Å². The van der Waals surface area contributed by atoms with Gasteiger partial charge < -0.3 is 5.73 Å². The highest BCUT2D eigenvalue weighted by Gasteiger charge is 2.12. The molecular weight excluding hydrogens is 320 g/mol. The molecule has 26 heavy (non-hydrogen) atoms. The van der Waals surface area contributed by atoms with Gasteiger partial charge in [-0.15, -0.1) is 0 Å². The summed E-state index contributed by atoms with van der Waals surface area (Å²) in [5.41, 5.74) is 13.3. The first-order valence-corrected chi connectivity index (χ1v) is 8.46. The van der Waals surface area contributed by atoms with Gasteiger partial charge in [-0.25, -0.2) is 0 Å². The largest absolute Gasteiger partial charge is 0.398 e. The van der Waals surface area contributed by atoms with E-state index in [1.807, 2.05) is 80.8 Å². The Morgan fingerprint density at radius 3 is 2.85 bits per heavy atom. The Balaban J connectivity index is 2.03. The van der Waals surface area contributed by atoms with Gasteiger partial charge in [0.2, 0.25) is 0 Å². The van der Waals surface area contributed by atoms with Gasteiger partial charge in [0.05, 0.1) is 17.6 Å². The van der Waals surface area contributed by atoms with Crippen molar-refractivity contribution in [1.82, 2.24) is 15.2 Å². The average molecular weight is 342 g/mol. The number of hydrogen-bond donors (Lipinski definition) is 2. The fraction of sp³-hybridized carbons (Fsp3) is 0.0909. The van der Waals surface area contributed by atoms with E-state index in [2.05, 4.69) is 21.8 Å². The van der Waals surface area contributed by atoms with Gasteiger partial charge in [-0.05, 0) is 43.2 Å². The normalized spacial score (nSPS) is 21.0. The zero-order chi connectivity index (χ0) is 18.5. The van der Waals surface area contributed by atoms with Crippen molar-refractivity contribution < 1.29 is 0 Å². The van der Waals surface area contributed by atoms with E-state index in [9.17, 15) is 0 Å². The van der Waals surface area contributed by atoms with Crippen molar-refractivity contribution in [2.24, 2.45) is 5.73 Å². The van der Waals surface area contributed by atoms with Crippen LogP contribution >= 0.6 is 0 Å². The number of aromatic amines is 1. The second kappa shape index (κ2) is 7.66. The molecular formula is C22H22N4. The highest BCUT2D eigenvalue weighted by molar-refractivity contribution is 5.84. The van der Waals surface area contributed by atoms with Gasteiger partial charge >= 0.3 is 0 Å². The SMILES string of the molecule is C=C1\C=C/C(c2cn[nH]c2-c2cccc(C)n2)=C/C=C/C1=C(N)/C=C\C. The Bertz CT molecular complexity index is 981. The van der Waals surface area contributed by atoms with Crippen molar-refractivity contribution in [2.75, 3.05) is 0 Å². The van der Waals surface area contributed by atoms with Crippen LogP contribution in [-0.4, -0.2) is 15.2 Å². The van der Waals surface area contributed by atoms with Crippen molar-refractivity contribution in [3.63, 3.8) is 0 Å². The second-order valence-electron chi connectivity index (χ2n) is 6.03. The molecule has 0 bridgehead atoms. The third-order valence-corrected chi connectivity index (χ3v) is 4.10. The predicted octanol–water partition coefficient (Wildman–Crippen LogP) is 4.63. The number of nitrogens with two attached hydrogens (primary N) is 1. The molecule has 0 saturated heterocycles. The van der Waals surface area contributed by atoms with Gasteiger partial charge in [0.15, 0.2) is 0 Å². The molecule has 3 rings (SSSR count). The molecule has 0 atom stereocenters. The van der Waals surface area contributed by atoms with Crippen LogP contribution in [0.4, 0.5) is 0 Å². The Labute approximate surface area is 153 Å². The molecule has 130 valence electrons. The molecule has 4 heteroatoms. The molecule has 3 N–H and O–H groups in total. The lowest BCUT2D eigenvalue weighted by atomic mass is 9.97. The van der Waals surface area contributed by atoms with E-state index in [1.54, 1.807) is 0 Å². The molecule has 0 fully saturated rings. The van der Waals surface area contributed by atoms with Crippen molar-refractivity contribution in [3.05, 3.63) is 102 Å². The van der Waals surface area contributed by atoms with Gasteiger partial charge in [0.1, 0.15) is 0 Å². The summed E-state index contributed by atoms with van der Waals surface area (Å²) < 4.78 is 0. The van der Waals surface area contributed by atoms with Crippen LogP contribution in [-0.2, 0) is 0 Å². The second-order valence-corrected chi connectivity index (χ2v) is 6.03. The molecule has 0 spiro atoms. The first-order chi connectivity index (χ1) is 12.6. The van der Waals surface area contributed by atoms with Crippen molar-refractivity contribution in [2.45, 2.75) is 13.8 Å². The summed E-state index contributed by atoms with van der Waals surface area (Å²) in [6.07, 6.45) is 15.6. The van der Waals surface area contributed by atoms with E-state index >= 15 is 0 Å². The summed E-state index contributed by atoms with van der Waals surface area (Å²) in [5, 5.41) is 7.28. The van der Waals surface area contributed by atoms with Crippen LogP contribution in [0.2, 0.25) is 0 Å². The number of aromatic nitrogens is 3. The zero-order valence-corrected chi connectivity index (χ0v) is 15.0. The highest BCUT2D eigenvalue weighted by atomic mass is 15.1. The number of allylic oxidation sites excluding steroid dienone is 10. The first-order valence-electron chi connectivity index (χ1n) is 8.46. The molecule has 1 aliphatic rings. The van der Waals surface area contributed by atoms with Crippen LogP contribution in [0.1, 0.15) is 18.2 Å². The summed E-state index contributed by atoms with van der Waals surface area (Å²) in [6, 6.07) is 5.95. The predicted molar refractivity (Wildman–Crippen MR) is 108 cm³/mol. The number of aryl methyl sites for hydroxylation is 1. The van der Waals surface area contributed by atoms with Crippen molar-refractivity contribution in [1.29, 1.82) is 0 Å². The summed E-state index contributed by atoms with van der Waals surface area (Å²) in [5.74, 6) is 0. The standard InChI is InChI=1S/C22H22N4/c1-4-7-20(23)18-10-6-9-17(13-12-15(18)2)19-14-24-26-22(19)21-11-5-8-16(3)25-21/h4-14H,2,23H2,1,3H3,(H,24,26)/b7-4-,10-6+,13-12-,17-9-,20-18+. The van der Waals surface area contributed by atoms with E-state index < -0.39 is 0 Å². The average Bonchev–Trinajstić information content (AvgIpc) is 3.08. The number of pyridine rings is 1. The maximum Gasteiger partial charge on any atom is 0.0912 e. The fourth-order valence-electron chi connectivity index (χ4n) is 2.80. The lowest BCUT2D eigenvalue weighted by Crippen LogP contribution is -2.00. The first kappa shape index (κ1) is 17.4. The molecule has 0 aliphatic heterocycles. The third-order valence-electron chi connectivity index (χ3n) is 4.10. The van der Waals surface area contributed by atoms with Crippen LogP contribution in [0.3, 0.4) is 0 Å². The van der Waals surface area contributed by atoms with Crippen LogP contribution in [0.15, 0.2) is 90.4 Å². The molecule has 4 nitrogen and oxygen atoms in total. The molecule has 2 aromatic heterocycles. The molecule has 0 amide bonds. The van der Waals surface area contributed by atoms with E-state index in [0.29, 0.717) is 5.70 Å². The van der Waals surface area contributed by atoms with Gasteiger partial charge in [-0.3, -0.25) is 10.1 Å². The van der Waals surface area contributed by atoms with Crippen LogP contribution in [0.25, 0.3) is 17.0 Å². The monoisotopic (exact) mass is 342 g/mol. The van der Waals surface area contributed by atoms with Crippen LogP contribution in [0, 0.1) is 6.92 Å². The lowest BCUT2D eigenvalue weighted by Gasteiger charge is -2.09. The van der Waals surface area contributed by atoms with Gasteiger partial charge in [0, 0.05) is 22.5 Å². The molecule has 0 saturated carbocycles. The Kier molecular flexibility index (Phi) is 5.13. The van der Waals surface area contributed by atoms with Gasteiger partial charge in [-0.1, -0.05) is 49.1 Å². The number of H-pyrrole nitrogens is 1. The molecule has 2 aromatic rings. The van der Waals surface area contributed by atoms with Crippen molar-refractivity contribution >= 4 is 5.57 Å². The smallest absolute Gasteiger partial charge is 0.0912 e. The fourth-order valence-corrected chi connectivity index (χ4v) is 2.80. The summed E-state index contributed by atoms with van der Waals surface area (Å²) >= 11 is 0. The molecule has 0 unspecified atom stereocenters. The Morgan fingerprint density at radius 2 is 2.08 bits per heavy atom. The Hall–Kier alpha value is -3.40. The summed E-state index contributed by atoms with van der Waals surface area (Å²) in [7, 11) is 0. The zero-order valence-electron chi connectivity index (χ0n) is 15.0. The minimum atomic E-state index is 0.697. The van der Waals surface area contributed by atoms with Crippen LogP contribution < -0.4 is 5.73 Å². The van der Waals surface area contributed by atoms with E-state index in [0.717, 1.165) is 39.4 Å². The van der Waals surface area contributed by atoms with E-state index in [1.165, 1.54) is 0 Å².